The summed E-state index contributed by atoms with van der Waals surface area (Å²) in [6.45, 7) is 8.46. The molecule has 0 aliphatic heterocycles. The van der Waals surface area contributed by atoms with E-state index in [2.05, 4.69) is 0 Å². The standard InChI is InChI=1S/C14H21ClO2/c1-9(2)13(16)5-6-17-12-7-10(3)14(15)11(4)8-12/h7-9,13,16H,5-6H2,1-4H3. The van der Waals surface area contributed by atoms with Gasteiger partial charge in [-0.1, -0.05) is 25.4 Å². The fraction of sp³-hybridized carbons (Fsp3) is 0.571. The Bertz CT molecular complexity index is 351. The zero-order chi connectivity index (χ0) is 13.0. The minimum absolute atomic E-state index is 0.271. The molecule has 1 aromatic rings. The van der Waals surface area contributed by atoms with Gasteiger partial charge >= 0.3 is 0 Å². The molecule has 0 spiro atoms. The predicted octanol–water partition coefficient (Wildman–Crippen LogP) is 3.74. The van der Waals surface area contributed by atoms with Gasteiger partial charge in [0.15, 0.2) is 0 Å². The van der Waals surface area contributed by atoms with Crippen molar-refractivity contribution in [3.8, 4) is 5.75 Å². The minimum atomic E-state index is -0.301. The summed E-state index contributed by atoms with van der Waals surface area (Å²) in [7, 11) is 0. The molecule has 0 aromatic heterocycles. The van der Waals surface area contributed by atoms with Gasteiger partial charge in [-0.15, -0.1) is 0 Å². The van der Waals surface area contributed by atoms with Crippen LogP contribution in [0.3, 0.4) is 0 Å². The molecule has 1 rings (SSSR count). The topological polar surface area (TPSA) is 29.5 Å². The van der Waals surface area contributed by atoms with E-state index in [0.29, 0.717) is 13.0 Å². The van der Waals surface area contributed by atoms with E-state index in [4.69, 9.17) is 16.3 Å². The molecule has 17 heavy (non-hydrogen) atoms. The van der Waals surface area contributed by atoms with Crippen molar-refractivity contribution in [3.63, 3.8) is 0 Å². The summed E-state index contributed by atoms with van der Waals surface area (Å²) < 4.78 is 5.62. The fourth-order valence-corrected chi connectivity index (χ4v) is 1.73. The lowest BCUT2D eigenvalue weighted by molar-refractivity contribution is 0.0976. The minimum Gasteiger partial charge on any atom is -0.493 e. The lowest BCUT2D eigenvalue weighted by Crippen LogP contribution is -2.18. The molecule has 0 amide bonds. The van der Waals surface area contributed by atoms with E-state index in [-0.39, 0.29) is 12.0 Å². The highest BCUT2D eigenvalue weighted by Gasteiger charge is 2.09. The molecule has 0 heterocycles. The lowest BCUT2D eigenvalue weighted by atomic mass is 10.1. The van der Waals surface area contributed by atoms with Crippen molar-refractivity contribution >= 4 is 11.6 Å². The SMILES string of the molecule is Cc1cc(OCCC(O)C(C)C)cc(C)c1Cl. The smallest absolute Gasteiger partial charge is 0.119 e. The maximum Gasteiger partial charge on any atom is 0.119 e. The number of benzene rings is 1. The summed E-state index contributed by atoms with van der Waals surface area (Å²) in [6, 6.07) is 3.86. The van der Waals surface area contributed by atoms with Crippen LogP contribution in [0.4, 0.5) is 0 Å². The monoisotopic (exact) mass is 256 g/mol. The Morgan fingerprint density at radius 1 is 1.24 bits per heavy atom. The van der Waals surface area contributed by atoms with E-state index in [0.717, 1.165) is 21.9 Å². The summed E-state index contributed by atoms with van der Waals surface area (Å²) in [4.78, 5) is 0. The van der Waals surface area contributed by atoms with Crippen molar-refractivity contribution in [1.82, 2.24) is 0 Å². The molecule has 0 bridgehead atoms. The van der Waals surface area contributed by atoms with Crippen LogP contribution in [-0.2, 0) is 0 Å². The number of aliphatic hydroxyl groups is 1. The molecule has 0 saturated carbocycles. The molecule has 0 fully saturated rings. The molecule has 0 saturated heterocycles. The van der Waals surface area contributed by atoms with Crippen molar-refractivity contribution in [2.24, 2.45) is 5.92 Å². The second-order valence-electron chi connectivity index (χ2n) is 4.82. The van der Waals surface area contributed by atoms with E-state index in [9.17, 15) is 5.11 Å². The summed E-state index contributed by atoms with van der Waals surface area (Å²) in [6.07, 6.45) is 0.350. The molecule has 1 N–H and O–H groups in total. The van der Waals surface area contributed by atoms with Gasteiger partial charge in [0.05, 0.1) is 12.7 Å². The highest BCUT2D eigenvalue weighted by molar-refractivity contribution is 6.32. The van der Waals surface area contributed by atoms with Gasteiger partial charge < -0.3 is 9.84 Å². The molecular weight excluding hydrogens is 236 g/mol. The number of ether oxygens (including phenoxy) is 1. The summed E-state index contributed by atoms with van der Waals surface area (Å²) in [5.74, 6) is 1.09. The van der Waals surface area contributed by atoms with E-state index in [1.54, 1.807) is 0 Å². The average molecular weight is 257 g/mol. The number of aliphatic hydroxyl groups excluding tert-OH is 1. The largest absolute Gasteiger partial charge is 0.493 e. The van der Waals surface area contributed by atoms with Crippen molar-refractivity contribution in [2.45, 2.75) is 40.2 Å². The molecule has 0 radical (unpaired) electrons. The Labute approximate surface area is 109 Å². The summed E-state index contributed by atoms with van der Waals surface area (Å²) in [5, 5.41) is 10.4. The van der Waals surface area contributed by atoms with Crippen LogP contribution in [0.5, 0.6) is 5.75 Å². The van der Waals surface area contributed by atoms with E-state index in [1.165, 1.54) is 0 Å². The lowest BCUT2D eigenvalue weighted by Gasteiger charge is -2.15. The molecule has 2 nitrogen and oxygen atoms in total. The third-order valence-corrected chi connectivity index (χ3v) is 3.46. The summed E-state index contributed by atoms with van der Waals surface area (Å²) in [5.41, 5.74) is 2.04. The van der Waals surface area contributed by atoms with Gasteiger partial charge in [0.25, 0.3) is 0 Å². The summed E-state index contributed by atoms with van der Waals surface area (Å²) >= 11 is 6.08. The average Bonchev–Trinajstić information content (AvgIpc) is 2.25. The molecule has 1 unspecified atom stereocenters. The van der Waals surface area contributed by atoms with Gasteiger partial charge in [0.2, 0.25) is 0 Å². The third kappa shape index (κ3) is 4.21. The molecule has 1 aromatic carbocycles. The molecule has 1 atom stereocenters. The second-order valence-corrected chi connectivity index (χ2v) is 5.20. The maximum atomic E-state index is 9.66. The van der Waals surface area contributed by atoms with Gasteiger partial charge in [0, 0.05) is 11.4 Å². The van der Waals surface area contributed by atoms with Crippen LogP contribution < -0.4 is 4.74 Å². The van der Waals surface area contributed by atoms with Crippen LogP contribution in [-0.4, -0.2) is 17.8 Å². The van der Waals surface area contributed by atoms with Gasteiger partial charge in [0.1, 0.15) is 5.75 Å². The maximum absolute atomic E-state index is 9.66. The van der Waals surface area contributed by atoms with Crippen LogP contribution in [0.2, 0.25) is 5.02 Å². The number of rotatable bonds is 5. The van der Waals surface area contributed by atoms with Gasteiger partial charge in [-0.2, -0.15) is 0 Å². The number of hydrogen-bond acceptors (Lipinski definition) is 2. The quantitative estimate of drug-likeness (QED) is 0.870. The zero-order valence-electron chi connectivity index (χ0n) is 11.0. The third-order valence-electron chi connectivity index (χ3n) is 2.86. The first-order chi connectivity index (χ1) is 7.91. The Morgan fingerprint density at radius 2 is 1.76 bits per heavy atom. The molecular formula is C14H21ClO2. The predicted molar refractivity (Wildman–Crippen MR) is 71.9 cm³/mol. The first-order valence-electron chi connectivity index (χ1n) is 5.99. The van der Waals surface area contributed by atoms with E-state index < -0.39 is 0 Å². The normalized spacial score (nSPS) is 12.9. The first kappa shape index (κ1) is 14.3. The number of aryl methyl sites for hydroxylation is 2. The van der Waals surface area contributed by atoms with E-state index in [1.807, 2.05) is 39.8 Å². The molecule has 0 aliphatic carbocycles. The van der Waals surface area contributed by atoms with Gasteiger partial charge in [-0.05, 0) is 43.0 Å². The molecule has 96 valence electrons. The molecule has 3 heteroatoms. The number of hydrogen-bond donors (Lipinski definition) is 1. The Hall–Kier alpha value is -0.730. The first-order valence-corrected chi connectivity index (χ1v) is 6.37. The Balaban J connectivity index is 2.53. The Kier molecular flexibility index (Phi) is 5.29. The van der Waals surface area contributed by atoms with Crippen molar-refractivity contribution in [1.29, 1.82) is 0 Å². The van der Waals surface area contributed by atoms with Crippen molar-refractivity contribution in [2.75, 3.05) is 6.61 Å². The van der Waals surface area contributed by atoms with Crippen molar-refractivity contribution < 1.29 is 9.84 Å². The van der Waals surface area contributed by atoms with Gasteiger partial charge in [-0.3, -0.25) is 0 Å². The Morgan fingerprint density at radius 3 is 2.24 bits per heavy atom. The van der Waals surface area contributed by atoms with Gasteiger partial charge in [-0.25, -0.2) is 0 Å². The fourth-order valence-electron chi connectivity index (χ4n) is 1.62. The zero-order valence-corrected chi connectivity index (χ0v) is 11.7. The van der Waals surface area contributed by atoms with Crippen molar-refractivity contribution in [3.05, 3.63) is 28.3 Å². The van der Waals surface area contributed by atoms with Crippen LogP contribution in [0, 0.1) is 19.8 Å². The van der Waals surface area contributed by atoms with Crippen LogP contribution in [0.15, 0.2) is 12.1 Å². The highest BCUT2D eigenvalue weighted by Crippen LogP contribution is 2.26. The highest BCUT2D eigenvalue weighted by atomic mass is 35.5. The van der Waals surface area contributed by atoms with E-state index >= 15 is 0 Å². The van der Waals surface area contributed by atoms with Crippen LogP contribution in [0.25, 0.3) is 0 Å². The number of halogens is 1. The van der Waals surface area contributed by atoms with Crippen LogP contribution >= 0.6 is 11.6 Å². The van der Waals surface area contributed by atoms with Crippen LogP contribution in [0.1, 0.15) is 31.4 Å². The second kappa shape index (κ2) is 6.27. The molecule has 0 aliphatic rings.